The van der Waals surface area contributed by atoms with Gasteiger partial charge in [-0.3, -0.25) is 14.4 Å². The van der Waals surface area contributed by atoms with Crippen molar-refractivity contribution in [3.8, 4) is 6.07 Å². The van der Waals surface area contributed by atoms with E-state index in [9.17, 15) is 14.4 Å². The summed E-state index contributed by atoms with van der Waals surface area (Å²) in [4.78, 5) is 32.5. The number of amides is 1. The molecule has 0 saturated heterocycles. The maximum Gasteiger partial charge on any atom is 0.305 e. The summed E-state index contributed by atoms with van der Waals surface area (Å²) < 4.78 is 0. The van der Waals surface area contributed by atoms with Gasteiger partial charge in [-0.05, 0) is 20.3 Å². The number of carboxylic acids is 2. The molecule has 7 heteroatoms. The van der Waals surface area contributed by atoms with E-state index < -0.39 is 35.7 Å². The molecule has 1 unspecified atom stereocenters. The van der Waals surface area contributed by atoms with Crippen molar-refractivity contribution < 1.29 is 24.6 Å². The van der Waals surface area contributed by atoms with E-state index in [1.165, 1.54) is 0 Å². The molecule has 0 radical (unpaired) electrons. The minimum atomic E-state index is -1.27. The lowest BCUT2D eigenvalue weighted by atomic mass is 9.96. The zero-order valence-corrected chi connectivity index (χ0v) is 10.3. The van der Waals surface area contributed by atoms with E-state index in [1.807, 2.05) is 0 Å². The molecular formula is C11H16N2O5. The third-order valence-electron chi connectivity index (χ3n) is 2.28. The Balaban J connectivity index is 4.48. The number of carbonyl (C=O) groups excluding carboxylic acids is 1. The quantitative estimate of drug-likeness (QED) is 0.603. The number of carbonyl (C=O) groups is 3. The standard InChI is InChI=1S/C11H16N2O5/c1-11(2,4-3-8(14)15)13-10(18)7(6-12)5-9(16)17/h7H,3-5H2,1-2H3,(H,13,18)(H,14,15)(H,16,17). The van der Waals surface area contributed by atoms with Gasteiger partial charge in [-0.15, -0.1) is 0 Å². The molecule has 3 N–H and O–H groups in total. The smallest absolute Gasteiger partial charge is 0.305 e. The predicted molar refractivity (Wildman–Crippen MR) is 60.4 cm³/mol. The monoisotopic (exact) mass is 256 g/mol. The van der Waals surface area contributed by atoms with E-state index in [4.69, 9.17) is 15.5 Å². The van der Waals surface area contributed by atoms with Gasteiger partial charge in [-0.2, -0.15) is 5.26 Å². The molecule has 18 heavy (non-hydrogen) atoms. The average molecular weight is 256 g/mol. The van der Waals surface area contributed by atoms with Crippen molar-refractivity contribution in [1.82, 2.24) is 5.32 Å². The van der Waals surface area contributed by atoms with Crippen LogP contribution in [0.4, 0.5) is 0 Å². The molecule has 0 aliphatic heterocycles. The van der Waals surface area contributed by atoms with E-state index in [2.05, 4.69) is 5.32 Å². The van der Waals surface area contributed by atoms with Gasteiger partial charge >= 0.3 is 11.9 Å². The zero-order chi connectivity index (χ0) is 14.3. The second-order valence-corrected chi connectivity index (χ2v) is 4.55. The fraction of sp³-hybridized carbons (Fsp3) is 0.636. The predicted octanol–water partition coefficient (Wildman–Crippen LogP) is 0.360. The Kier molecular flexibility index (Phi) is 5.82. The highest BCUT2D eigenvalue weighted by Crippen LogP contribution is 2.13. The molecule has 0 aromatic rings. The van der Waals surface area contributed by atoms with Gasteiger partial charge in [-0.25, -0.2) is 0 Å². The van der Waals surface area contributed by atoms with Crippen molar-refractivity contribution in [3.05, 3.63) is 0 Å². The van der Waals surface area contributed by atoms with E-state index >= 15 is 0 Å². The minimum absolute atomic E-state index is 0.122. The lowest BCUT2D eigenvalue weighted by Gasteiger charge is -2.26. The molecule has 0 rings (SSSR count). The summed E-state index contributed by atoms with van der Waals surface area (Å²) in [5.74, 6) is -4.19. The lowest BCUT2D eigenvalue weighted by molar-refractivity contribution is -0.140. The van der Waals surface area contributed by atoms with E-state index in [0.717, 1.165) is 0 Å². The Morgan fingerprint density at radius 1 is 1.28 bits per heavy atom. The van der Waals surface area contributed by atoms with Crippen LogP contribution in [0.2, 0.25) is 0 Å². The van der Waals surface area contributed by atoms with Gasteiger partial charge in [0.25, 0.3) is 0 Å². The topological polar surface area (TPSA) is 127 Å². The molecule has 0 aromatic heterocycles. The summed E-state index contributed by atoms with van der Waals surface area (Å²) in [6, 6.07) is 1.61. The third-order valence-corrected chi connectivity index (χ3v) is 2.28. The molecule has 0 bridgehead atoms. The number of hydrogen-bond acceptors (Lipinski definition) is 4. The van der Waals surface area contributed by atoms with Crippen molar-refractivity contribution in [2.24, 2.45) is 5.92 Å². The van der Waals surface area contributed by atoms with Crippen LogP contribution in [0.15, 0.2) is 0 Å². The summed E-state index contributed by atoms with van der Waals surface area (Å²) in [7, 11) is 0. The second kappa shape index (κ2) is 6.59. The van der Waals surface area contributed by atoms with Gasteiger partial charge < -0.3 is 15.5 Å². The van der Waals surface area contributed by atoms with Gasteiger partial charge in [0.2, 0.25) is 5.91 Å². The maximum atomic E-state index is 11.6. The van der Waals surface area contributed by atoms with Crippen molar-refractivity contribution in [3.63, 3.8) is 0 Å². The molecule has 7 nitrogen and oxygen atoms in total. The number of nitriles is 1. The Labute approximate surface area is 104 Å². The molecule has 0 fully saturated rings. The molecule has 100 valence electrons. The third kappa shape index (κ3) is 6.48. The lowest BCUT2D eigenvalue weighted by Crippen LogP contribution is -2.46. The van der Waals surface area contributed by atoms with E-state index in [0.29, 0.717) is 0 Å². The number of carboxylic acid groups (broad SMARTS) is 2. The largest absolute Gasteiger partial charge is 0.481 e. The fourth-order valence-corrected chi connectivity index (χ4v) is 1.27. The summed E-state index contributed by atoms with van der Waals surface area (Å²) in [6.07, 6.45) is -0.500. The zero-order valence-electron chi connectivity index (χ0n) is 10.3. The molecule has 0 saturated carbocycles. The molecule has 0 aromatic carbocycles. The Morgan fingerprint density at radius 2 is 1.83 bits per heavy atom. The summed E-state index contributed by atoms with van der Waals surface area (Å²) in [5.41, 5.74) is -0.803. The molecule has 0 heterocycles. The highest BCUT2D eigenvalue weighted by molar-refractivity contribution is 5.85. The van der Waals surface area contributed by atoms with Crippen LogP contribution in [0.1, 0.15) is 33.1 Å². The van der Waals surface area contributed by atoms with Crippen molar-refractivity contribution in [2.45, 2.75) is 38.6 Å². The first-order valence-electron chi connectivity index (χ1n) is 5.33. The second-order valence-electron chi connectivity index (χ2n) is 4.55. The summed E-state index contributed by atoms with van der Waals surface area (Å²) in [6.45, 7) is 3.23. The summed E-state index contributed by atoms with van der Waals surface area (Å²) in [5, 5.41) is 28.2. The van der Waals surface area contributed by atoms with Gasteiger partial charge in [0.05, 0.1) is 12.5 Å². The number of nitrogens with one attached hydrogen (secondary N) is 1. The highest BCUT2D eigenvalue weighted by atomic mass is 16.4. The first-order chi connectivity index (χ1) is 8.18. The molecule has 0 aliphatic rings. The van der Waals surface area contributed by atoms with Crippen LogP contribution in [0.3, 0.4) is 0 Å². The van der Waals surface area contributed by atoms with E-state index in [-0.39, 0.29) is 12.8 Å². The molecular weight excluding hydrogens is 240 g/mol. The van der Waals surface area contributed by atoms with Crippen LogP contribution in [0, 0.1) is 17.2 Å². The van der Waals surface area contributed by atoms with E-state index in [1.54, 1.807) is 19.9 Å². The van der Waals surface area contributed by atoms with Crippen LogP contribution in [0.5, 0.6) is 0 Å². The normalized spacial score (nSPS) is 12.3. The molecule has 0 aliphatic carbocycles. The van der Waals surface area contributed by atoms with Crippen molar-refractivity contribution >= 4 is 17.8 Å². The number of rotatable bonds is 7. The first kappa shape index (κ1) is 15.9. The van der Waals surface area contributed by atoms with Gasteiger partial charge in [-0.1, -0.05) is 0 Å². The number of aliphatic carboxylic acids is 2. The van der Waals surface area contributed by atoms with Gasteiger partial charge in [0.15, 0.2) is 0 Å². The number of hydrogen-bond donors (Lipinski definition) is 3. The number of nitrogens with zero attached hydrogens (tertiary/aromatic N) is 1. The molecule has 0 spiro atoms. The van der Waals surface area contributed by atoms with Crippen LogP contribution >= 0.6 is 0 Å². The molecule has 1 atom stereocenters. The summed E-state index contributed by atoms with van der Waals surface area (Å²) >= 11 is 0. The first-order valence-corrected chi connectivity index (χ1v) is 5.33. The Morgan fingerprint density at radius 3 is 2.22 bits per heavy atom. The van der Waals surface area contributed by atoms with Gasteiger partial charge in [0, 0.05) is 12.0 Å². The Bertz CT molecular complexity index is 383. The highest BCUT2D eigenvalue weighted by Gasteiger charge is 2.27. The molecule has 1 amide bonds. The SMILES string of the molecule is CC(C)(CCC(=O)O)NC(=O)C(C#N)CC(=O)O. The fourth-order valence-electron chi connectivity index (χ4n) is 1.27. The Hall–Kier alpha value is -2.10. The van der Waals surface area contributed by atoms with Gasteiger partial charge in [0.1, 0.15) is 5.92 Å². The van der Waals surface area contributed by atoms with Crippen LogP contribution in [-0.4, -0.2) is 33.6 Å². The van der Waals surface area contributed by atoms with Crippen LogP contribution < -0.4 is 5.32 Å². The van der Waals surface area contributed by atoms with Crippen molar-refractivity contribution in [2.75, 3.05) is 0 Å². The van der Waals surface area contributed by atoms with Crippen LogP contribution in [-0.2, 0) is 14.4 Å². The minimum Gasteiger partial charge on any atom is -0.481 e. The van der Waals surface area contributed by atoms with Crippen molar-refractivity contribution in [1.29, 1.82) is 5.26 Å². The average Bonchev–Trinajstić information content (AvgIpc) is 2.22. The maximum absolute atomic E-state index is 11.6. The van der Waals surface area contributed by atoms with Crippen LogP contribution in [0.25, 0.3) is 0 Å².